The van der Waals surface area contributed by atoms with Crippen LogP contribution < -0.4 is 0 Å². The van der Waals surface area contributed by atoms with E-state index in [0.29, 0.717) is 0 Å². The summed E-state index contributed by atoms with van der Waals surface area (Å²) in [5.74, 6) is 1.40. The summed E-state index contributed by atoms with van der Waals surface area (Å²) in [5.41, 5.74) is 0. The largest absolute Gasteiger partial charge is 0.360 e. The number of aromatic nitrogens is 1. The third-order valence-electron chi connectivity index (χ3n) is 3.14. The first-order chi connectivity index (χ1) is 8.47. The number of hydrogen-bond acceptors (Lipinski definition) is 3. The van der Waals surface area contributed by atoms with Crippen molar-refractivity contribution in [3.63, 3.8) is 0 Å². The summed E-state index contributed by atoms with van der Waals surface area (Å²) < 4.78 is 0. The second kappa shape index (κ2) is 7.05. The highest BCUT2D eigenvalue weighted by Gasteiger charge is 2.16. The van der Waals surface area contributed by atoms with Crippen LogP contribution in [0, 0.1) is 0 Å². The van der Waals surface area contributed by atoms with Crippen LogP contribution in [0.1, 0.15) is 32.1 Å². The van der Waals surface area contributed by atoms with Gasteiger partial charge >= 0.3 is 0 Å². The Morgan fingerprint density at radius 2 is 1.71 bits per heavy atom. The molecule has 0 atom stereocenters. The molecular weight excluding hydrogens is 210 g/mol. The minimum atomic E-state index is 1.08. The van der Waals surface area contributed by atoms with Gasteiger partial charge in [-0.2, -0.15) is 0 Å². The summed E-state index contributed by atoms with van der Waals surface area (Å²) >= 11 is 0. The van der Waals surface area contributed by atoms with E-state index < -0.39 is 0 Å². The minimum Gasteiger partial charge on any atom is -0.360 e. The van der Waals surface area contributed by atoms with Crippen LogP contribution in [0.4, 0.5) is 0 Å². The van der Waals surface area contributed by atoms with Gasteiger partial charge in [-0.25, -0.2) is 0 Å². The van der Waals surface area contributed by atoms with Crippen LogP contribution in [0.15, 0.2) is 35.6 Å². The third kappa shape index (κ3) is 4.17. The predicted molar refractivity (Wildman–Crippen MR) is 71.2 cm³/mol. The molecule has 3 heterocycles. The van der Waals surface area contributed by atoms with E-state index in [0.717, 1.165) is 6.54 Å². The summed E-state index contributed by atoms with van der Waals surface area (Å²) in [7, 11) is 0. The van der Waals surface area contributed by atoms with Crippen molar-refractivity contribution in [2.75, 3.05) is 19.6 Å². The summed E-state index contributed by atoms with van der Waals surface area (Å²) in [6.07, 6.45) is 10.1. The zero-order chi connectivity index (χ0) is 11.8. The second-order valence-electron chi connectivity index (χ2n) is 4.47. The summed E-state index contributed by atoms with van der Waals surface area (Å²) in [6, 6.07) is 5.72. The Morgan fingerprint density at radius 1 is 0.882 bits per heavy atom. The lowest BCUT2D eigenvalue weighted by molar-refractivity contribution is 0.391. The Hall–Kier alpha value is -1.38. The lowest BCUT2D eigenvalue weighted by Gasteiger charge is -2.27. The molecule has 0 radical (unpaired) electrons. The zero-order valence-corrected chi connectivity index (χ0v) is 10.4. The average Bonchev–Trinajstić information content (AvgIpc) is 2.66. The van der Waals surface area contributed by atoms with Crippen LogP contribution in [0.5, 0.6) is 0 Å². The summed E-state index contributed by atoms with van der Waals surface area (Å²) in [6.45, 7) is 3.60. The molecule has 0 unspecified atom stereocenters. The molecule has 3 rings (SSSR count). The highest BCUT2D eigenvalue weighted by atomic mass is 15.2. The maximum atomic E-state index is 4.55. The molecule has 2 aliphatic heterocycles. The molecule has 92 valence electrons. The van der Waals surface area contributed by atoms with Crippen molar-refractivity contribution in [3.8, 4) is 0 Å². The molecule has 0 spiro atoms. The fraction of sp³-hybridized carbons (Fsp3) is 0.571. The van der Waals surface area contributed by atoms with Crippen LogP contribution in [0.2, 0.25) is 0 Å². The number of pyridine rings is 1. The van der Waals surface area contributed by atoms with Gasteiger partial charge in [0.05, 0.1) is 5.84 Å². The van der Waals surface area contributed by atoms with Crippen molar-refractivity contribution in [2.45, 2.75) is 32.1 Å². The lowest BCUT2D eigenvalue weighted by Crippen LogP contribution is -2.34. The fourth-order valence-corrected chi connectivity index (χ4v) is 2.25. The van der Waals surface area contributed by atoms with Gasteiger partial charge in [0.15, 0.2) is 0 Å². The van der Waals surface area contributed by atoms with Crippen LogP contribution in [0.3, 0.4) is 0 Å². The molecule has 3 nitrogen and oxygen atoms in total. The van der Waals surface area contributed by atoms with Crippen molar-refractivity contribution in [1.82, 2.24) is 9.88 Å². The molecule has 1 saturated heterocycles. The topological polar surface area (TPSA) is 28.5 Å². The number of rotatable bonds is 0. The van der Waals surface area contributed by atoms with Gasteiger partial charge in [0.1, 0.15) is 0 Å². The first-order valence-electron chi connectivity index (χ1n) is 6.60. The van der Waals surface area contributed by atoms with E-state index in [4.69, 9.17) is 0 Å². The molecule has 0 amide bonds. The molecule has 0 bridgehead atoms. The SMILES string of the molecule is C1CCC2=NCCCN2CC1.c1ccncc1. The van der Waals surface area contributed by atoms with Crippen molar-refractivity contribution in [1.29, 1.82) is 0 Å². The number of nitrogens with zero attached hydrogens (tertiary/aromatic N) is 3. The smallest absolute Gasteiger partial charge is 0.0988 e. The predicted octanol–water partition coefficient (Wildman–Crippen LogP) is 2.75. The van der Waals surface area contributed by atoms with Crippen molar-refractivity contribution in [2.24, 2.45) is 4.99 Å². The van der Waals surface area contributed by atoms with Gasteiger partial charge < -0.3 is 4.90 Å². The Kier molecular flexibility index (Phi) is 5.01. The zero-order valence-electron chi connectivity index (χ0n) is 10.4. The van der Waals surface area contributed by atoms with E-state index in [9.17, 15) is 0 Å². The highest BCUT2D eigenvalue weighted by molar-refractivity contribution is 5.83. The second-order valence-corrected chi connectivity index (χ2v) is 4.47. The molecular formula is C14H21N3. The van der Waals surface area contributed by atoms with E-state index in [1.54, 1.807) is 12.4 Å². The number of fused-ring (bicyclic) bond motifs is 1. The Balaban J connectivity index is 0.000000153. The van der Waals surface area contributed by atoms with Gasteiger partial charge in [-0.3, -0.25) is 9.98 Å². The molecule has 0 aromatic carbocycles. The first-order valence-corrected chi connectivity index (χ1v) is 6.60. The maximum absolute atomic E-state index is 4.55. The number of amidine groups is 1. The van der Waals surface area contributed by atoms with Crippen LogP contribution in [-0.4, -0.2) is 35.4 Å². The maximum Gasteiger partial charge on any atom is 0.0988 e. The van der Waals surface area contributed by atoms with Crippen LogP contribution in [-0.2, 0) is 0 Å². The van der Waals surface area contributed by atoms with E-state index in [1.165, 1.54) is 51.0 Å². The summed E-state index contributed by atoms with van der Waals surface area (Å²) in [5, 5.41) is 0. The third-order valence-corrected chi connectivity index (χ3v) is 3.14. The van der Waals surface area contributed by atoms with E-state index in [2.05, 4.69) is 14.9 Å². The average molecular weight is 231 g/mol. The molecule has 2 aliphatic rings. The van der Waals surface area contributed by atoms with Crippen molar-refractivity contribution in [3.05, 3.63) is 30.6 Å². The van der Waals surface area contributed by atoms with E-state index in [-0.39, 0.29) is 0 Å². The van der Waals surface area contributed by atoms with E-state index >= 15 is 0 Å². The molecule has 3 heteroatoms. The quantitative estimate of drug-likeness (QED) is 0.687. The molecule has 1 fully saturated rings. The van der Waals surface area contributed by atoms with Gasteiger partial charge in [-0.05, 0) is 31.4 Å². The molecule has 0 aliphatic carbocycles. The molecule has 0 saturated carbocycles. The van der Waals surface area contributed by atoms with Crippen LogP contribution >= 0.6 is 0 Å². The summed E-state index contributed by atoms with van der Waals surface area (Å²) in [4.78, 5) is 10.8. The van der Waals surface area contributed by atoms with Gasteiger partial charge in [0.25, 0.3) is 0 Å². The highest BCUT2D eigenvalue weighted by Crippen LogP contribution is 2.15. The normalized spacial score (nSPS) is 19.3. The fourth-order valence-electron chi connectivity index (χ4n) is 2.25. The Labute approximate surface area is 104 Å². The minimum absolute atomic E-state index is 1.08. The number of aliphatic imine (C=N–C) groups is 1. The van der Waals surface area contributed by atoms with Gasteiger partial charge in [0, 0.05) is 38.4 Å². The first kappa shape index (κ1) is 12.1. The van der Waals surface area contributed by atoms with E-state index in [1.807, 2.05) is 18.2 Å². The lowest BCUT2D eigenvalue weighted by atomic mass is 10.2. The Bertz CT molecular complexity index is 308. The molecule has 1 aromatic rings. The Morgan fingerprint density at radius 3 is 2.41 bits per heavy atom. The monoisotopic (exact) mass is 231 g/mol. The standard InChI is InChI=1S/C9H16N2.C5H5N/c1-2-5-9-10-6-4-8-11(9)7-3-1;1-2-4-6-5-3-1/h1-8H2;1-5H. The molecule has 1 aromatic heterocycles. The number of hydrogen-bond donors (Lipinski definition) is 0. The van der Waals surface area contributed by atoms with Gasteiger partial charge in [0.2, 0.25) is 0 Å². The van der Waals surface area contributed by atoms with Crippen molar-refractivity contribution >= 4 is 5.84 Å². The van der Waals surface area contributed by atoms with Crippen molar-refractivity contribution < 1.29 is 0 Å². The van der Waals surface area contributed by atoms with Crippen LogP contribution in [0.25, 0.3) is 0 Å². The van der Waals surface area contributed by atoms with Gasteiger partial charge in [-0.15, -0.1) is 0 Å². The molecule has 0 N–H and O–H groups in total. The molecule has 17 heavy (non-hydrogen) atoms. The van der Waals surface area contributed by atoms with Gasteiger partial charge in [-0.1, -0.05) is 12.5 Å².